The number of imidazole rings is 1. The second-order valence-electron chi connectivity index (χ2n) is 5.94. The van der Waals surface area contributed by atoms with E-state index in [1.165, 1.54) is 38.5 Å². The van der Waals surface area contributed by atoms with E-state index < -0.39 is 0 Å². The predicted molar refractivity (Wildman–Crippen MR) is 83.0 cm³/mol. The molecule has 0 bridgehead atoms. The molecule has 114 valence electrons. The van der Waals surface area contributed by atoms with Crippen LogP contribution in [0, 0.1) is 5.92 Å². The van der Waals surface area contributed by atoms with Crippen LogP contribution in [0.25, 0.3) is 0 Å². The Morgan fingerprint density at radius 2 is 2.15 bits per heavy atom. The third-order valence-corrected chi connectivity index (χ3v) is 4.34. The third-order valence-electron chi connectivity index (χ3n) is 4.34. The van der Waals surface area contributed by atoms with Crippen molar-refractivity contribution < 1.29 is 4.74 Å². The van der Waals surface area contributed by atoms with Gasteiger partial charge in [-0.05, 0) is 38.0 Å². The third kappa shape index (κ3) is 4.51. The Kier molecular flexibility index (Phi) is 6.37. The molecule has 0 atom stereocenters. The topological polar surface area (TPSA) is 39.1 Å². The molecule has 1 aliphatic carbocycles. The molecular formula is C16H29N3O. The largest absolute Gasteiger partial charge is 0.385 e. The van der Waals surface area contributed by atoms with Crippen molar-refractivity contribution >= 4 is 5.95 Å². The molecule has 2 rings (SSSR count). The first-order valence-electron chi connectivity index (χ1n) is 8.10. The van der Waals surface area contributed by atoms with Gasteiger partial charge in [0, 0.05) is 38.7 Å². The lowest BCUT2D eigenvalue weighted by Crippen LogP contribution is -2.27. The van der Waals surface area contributed by atoms with E-state index in [-0.39, 0.29) is 0 Å². The smallest absolute Gasteiger partial charge is 0.202 e. The number of rotatable bonds is 8. The molecule has 1 aromatic heterocycles. The van der Waals surface area contributed by atoms with Gasteiger partial charge in [0.1, 0.15) is 0 Å². The van der Waals surface area contributed by atoms with Crippen molar-refractivity contribution in [2.24, 2.45) is 5.92 Å². The highest BCUT2D eigenvalue weighted by Gasteiger charge is 2.21. The second-order valence-corrected chi connectivity index (χ2v) is 5.94. The van der Waals surface area contributed by atoms with Crippen molar-refractivity contribution in [2.45, 2.75) is 64.5 Å². The van der Waals surface area contributed by atoms with Crippen molar-refractivity contribution in [2.75, 3.05) is 19.0 Å². The summed E-state index contributed by atoms with van der Waals surface area (Å²) in [4.78, 5) is 4.46. The standard InChI is InChI=1S/C16H29N3O/c1-3-5-14-6-8-15(9-7-14)18-16-17-10-12-19(16)11-4-13-20-2/h10,12,14-15H,3-9,11,13H2,1-2H3,(H,17,18). The van der Waals surface area contributed by atoms with Gasteiger partial charge in [0.2, 0.25) is 5.95 Å². The van der Waals surface area contributed by atoms with Crippen LogP contribution < -0.4 is 5.32 Å². The first-order chi connectivity index (χ1) is 9.83. The van der Waals surface area contributed by atoms with Crippen molar-refractivity contribution in [3.05, 3.63) is 12.4 Å². The zero-order valence-electron chi connectivity index (χ0n) is 13.0. The van der Waals surface area contributed by atoms with Crippen LogP contribution in [0.1, 0.15) is 51.9 Å². The van der Waals surface area contributed by atoms with Gasteiger partial charge in [0.05, 0.1) is 0 Å². The molecule has 0 unspecified atom stereocenters. The zero-order valence-corrected chi connectivity index (χ0v) is 13.0. The van der Waals surface area contributed by atoms with Gasteiger partial charge in [-0.25, -0.2) is 4.98 Å². The molecule has 1 N–H and O–H groups in total. The summed E-state index contributed by atoms with van der Waals surface area (Å²) in [6.07, 6.45) is 13.0. The van der Waals surface area contributed by atoms with E-state index in [0.29, 0.717) is 6.04 Å². The molecule has 20 heavy (non-hydrogen) atoms. The highest BCUT2D eigenvalue weighted by molar-refractivity contribution is 5.27. The minimum absolute atomic E-state index is 0.603. The SMILES string of the molecule is CCCC1CCC(Nc2nccn2CCCOC)CC1. The molecule has 1 heterocycles. The van der Waals surface area contributed by atoms with E-state index in [1.807, 2.05) is 6.20 Å². The predicted octanol–water partition coefficient (Wildman–Crippen LogP) is 3.69. The maximum atomic E-state index is 5.11. The molecule has 1 fully saturated rings. The van der Waals surface area contributed by atoms with E-state index in [4.69, 9.17) is 4.74 Å². The summed E-state index contributed by atoms with van der Waals surface area (Å²) in [6.45, 7) is 4.07. The molecule has 4 nitrogen and oxygen atoms in total. The molecule has 4 heteroatoms. The number of nitrogens with one attached hydrogen (secondary N) is 1. The summed E-state index contributed by atoms with van der Waals surface area (Å²) in [5.41, 5.74) is 0. The van der Waals surface area contributed by atoms with E-state index in [2.05, 4.69) is 28.0 Å². The maximum Gasteiger partial charge on any atom is 0.202 e. The molecule has 0 radical (unpaired) electrons. The first-order valence-corrected chi connectivity index (χ1v) is 8.10. The van der Waals surface area contributed by atoms with Gasteiger partial charge in [0.25, 0.3) is 0 Å². The summed E-state index contributed by atoms with van der Waals surface area (Å²) >= 11 is 0. The Morgan fingerprint density at radius 1 is 1.35 bits per heavy atom. The number of anilines is 1. The van der Waals surface area contributed by atoms with E-state index >= 15 is 0 Å². The molecule has 0 amide bonds. The Morgan fingerprint density at radius 3 is 2.85 bits per heavy atom. The Bertz CT molecular complexity index is 370. The van der Waals surface area contributed by atoms with Crippen molar-refractivity contribution in [3.63, 3.8) is 0 Å². The van der Waals surface area contributed by atoms with Gasteiger partial charge in [-0.15, -0.1) is 0 Å². The van der Waals surface area contributed by atoms with E-state index in [9.17, 15) is 0 Å². The zero-order chi connectivity index (χ0) is 14.2. The van der Waals surface area contributed by atoms with Crippen LogP contribution in [-0.2, 0) is 11.3 Å². The Balaban J connectivity index is 1.78. The molecule has 0 spiro atoms. The van der Waals surface area contributed by atoms with Gasteiger partial charge in [0.15, 0.2) is 0 Å². The van der Waals surface area contributed by atoms with E-state index in [1.54, 1.807) is 7.11 Å². The number of hydrogen-bond acceptors (Lipinski definition) is 3. The van der Waals surface area contributed by atoms with Crippen LogP contribution in [0.5, 0.6) is 0 Å². The molecule has 1 aliphatic rings. The minimum atomic E-state index is 0.603. The monoisotopic (exact) mass is 279 g/mol. The molecular weight excluding hydrogens is 250 g/mol. The maximum absolute atomic E-state index is 5.11. The normalized spacial score (nSPS) is 22.9. The Hall–Kier alpha value is -1.03. The number of nitrogens with zero attached hydrogens (tertiary/aromatic N) is 2. The number of aromatic nitrogens is 2. The lowest BCUT2D eigenvalue weighted by molar-refractivity contribution is 0.190. The lowest BCUT2D eigenvalue weighted by atomic mass is 9.83. The highest BCUT2D eigenvalue weighted by Crippen LogP contribution is 2.29. The van der Waals surface area contributed by atoms with E-state index in [0.717, 1.165) is 31.4 Å². The first kappa shape index (κ1) is 15.4. The van der Waals surface area contributed by atoms with Gasteiger partial charge in [-0.3, -0.25) is 0 Å². The van der Waals surface area contributed by atoms with Crippen molar-refractivity contribution in [1.29, 1.82) is 0 Å². The highest BCUT2D eigenvalue weighted by atomic mass is 16.5. The molecule has 1 saturated carbocycles. The molecule has 0 aromatic carbocycles. The van der Waals surface area contributed by atoms with Crippen LogP contribution in [0.2, 0.25) is 0 Å². The van der Waals surface area contributed by atoms with Gasteiger partial charge >= 0.3 is 0 Å². The molecule has 0 saturated heterocycles. The molecule has 0 aliphatic heterocycles. The Labute approximate surface area is 122 Å². The molecule has 1 aromatic rings. The van der Waals surface area contributed by atoms with Gasteiger partial charge in [-0.1, -0.05) is 19.8 Å². The fourth-order valence-corrected chi connectivity index (χ4v) is 3.20. The number of ether oxygens (including phenoxy) is 1. The summed E-state index contributed by atoms with van der Waals surface area (Å²) in [6, 6.07) is 0.603. The van der Waals surface area contributed by atoms with Crippen LogP contribution in [0.3, 0.4) is 0 Å². The van der Waals surface area contributed by atoms with Crippen LogP contribution >= 0.6 is 0 Å². The average Bonchev–Trinajstić information content (AvgIpc) is 2.89. The van der Waals surface area contributed by atoms with Crippen LogP contribution in [-0.4, -0.2) is 29.3 Å². The number of methoxy groups -OCH3 is 1. The number of aryl methyl sites for hydroxylation is 1. The van der Waals surface area contributed by atoms with Gasteiger partial charge < -0.3 is 14.6 Å². The summed E-state index contributed by atoms with van der Waals surface area (Å²) < 4.78 is 7.32. The summed E-state index contributed by atoms with van der Waals surface area (Å²) in [5.74, 6) is 1.99. The fourth-order valence-electron chi connectivity index (χ4n) is 3.20. The summed E-state index contributed by atoms with van der Waals surface area (Å²) in [7, 11) is 1.75. The van der Waals surface area contributed by atoms with Crippen molar-refractivity contribution in [3.8, 4) is 0 Å². The minimum Gasteiger partial charge on any atom is -0.385 e. The van der Waals surface area contributed by atoms with Crippen LogP contribution in [0.15, 0.2) is 12.4 Å². The second kappa shape index (κ2) is 8.30. The van der Waals surface area contributed by atoms with Gasteiger partial charge in [-0.2, -0.15) is 0 Å². The lowest BCUT2D eigenvalue weighted by Gasteiger charge is -2.29. The summed E-state index contributed by atoms with van der Waals surface area (Å²) in [5, 5.41) is 3.63. The fraction of sp³-hybridized carbons (Fsp3) is 0.812. The van der Waals surface area contributed by atoms with Crippen LogP contribution in [0.4, 0.5) is 5.95 Å². The van der Waals surface area contributed by atoms with Crippen molar-refractivity contribution in [1.82, 2.24) is 9.55 Å². The average molecular weight is 279 g/mol. The number of hydrogen-bond donors (Lipinski definition) is 1. The quantitative estimate of drug-likeness (QED) is 0.738.